The molecule has 1 aliphatic heterocycles. The van der Waals surface area contributed by atoms with E-state index in [4.69, 9.17) is 23.4 Å². The molecule has 1 aromatic heterocycles. The number of nitrogens with zero attached hydrogens (tertiary/aromatic N) is 2. The second kappa shape index (κ2) is 14.4. The number of methoxy groups -OCH3 is 1. The highest BCUT2D eigenvalue weighted by Gasteiger charge is 2.61. The van der Waals surface area contributed by atoms with Gasteiger partial charge in [0.1, 0.15) is 28.5 Å². The lowest BCUT2D eigenvalue weighted by Gasteiger charge is -2.41. The second-order valence-corrected chi connectivity index (χ2v) is 21.9. The largest absolute Gasteiger partial charge is 0.497 e. The predicted octanol–water partition coefficient (Wildman–Crippen LogP) is 9.61. The van der Waals surface area contributed by atoms with Gasteiger partial charge < -0.3 is 23.4 Å². The van der Waals surface area contributed by atoms with Crippen LogP contribution in [0.25, 0.3) is 10.9 Å². The number of imide groups is 1. The number of benzene rings is 3. The molecule has 0 bridgehead atoms. The minimum Gasteiger partial charge on any atom is -0.497 e. The van der Waals surface area contributed by atoms with Crippen LogP contribution >= 0.6 is 0 Å². The Morgan fingerprint density at radius 1 is 0.774 bits per heavy atom. The Morgan fingerprint density at radius 2 is 1.36 bits per heavy atom. The van der Waals surface area contributed by atoms with Crippen LogP contribution in [-0.4, -0.2) is 62.0 Å². The molecule has 1 aliphatic rings. The zero-order chi connectivity index (χ0) is 39.1. The molecule has 0 saturated carbocycles. The van der Waals surface area contributed by atoms with E-state index in [9.17, 15) is 9.59 Å². The average molecular weight is 743 g/mol. The highest BCUT2D eigenvalue weighted by Crippen LogP contribution is 2.52. The molecule has 53 heavy (non-hydrogen) atoms. The maximum absolute atomic E-state index is 15.7. The first-order valence-corrected chi connectivity index (χ1v) is 20.9. The Bertz CT molecular complexity index is 1980. The molecule has 2 atom stereocenters. The van der Waals surface area contributed by atoms with Gasteiger partial charge in [0.25, 0.3) is 5.91 Å². The lowest BCUT2D eigenvalue weighted by molar-refractivity contribution is -0.129. The van der Waals surface area contributed by atoms with Gasteiger partial charge >= 0.3 is 12.2 Å². The molecule has 0 fully saturated rings. The third kappa shape index (κ3) is 7.93. The first-order chi connectivity index (χ1) is 24.6. The van der Waals surface area contributed by atoms with E-state index in [1.807, 2.05) is 60.7 Å². The number of fused-ring (bicyclic) bond motifs is 2. The van der Waals surface area contributed by atoms with E-state index in [1.54, 1.807) is 67.0 Å². The molecule has 3 aromatic carbocycles. The molecule has 0 unspecified atom stereocenters. The zero-order valence-electron chi connectivity index (χ0n) is 33.2. The lowest BCUT2D eigenvalue weighted by atomic mass is 9.71. The van der Waals surface area contributed by atoms with Gasteiger partial charge in [-0.25, -0.2) is 14.5 Å². The van der Waals surface area contributed by atoms with Crippen LogP contribution in [0.15, 0.2) is 79.0 Å². The van der Waals surface area contributed by atoms with E-state index in [0.717, 1.165) is 10.5 Å². The van der Waals surface area contributed by atoms with Crippen LogP contribution in [0.1, 0.15) is 79.0 Å². The molecule has 0 radical (unpaired) electrons. The number of carbonyl (C=O) groups excluding carboxylic acids is 3. The van der Waals surface area contributed by atoms with Gasteiger partial charge in [-0.1, -0.05) is 69.3 Å². The summed E-state index contributed by atoms with van der Waals surface area (Å²) in [6.45, 7) is 21.5. The summed E-state index contributed by atoms with van der Waals surface area (Å²) >= 11 is 0. The number of anilines is 1. The Morgan fingerprint density at radius 3 is 1.96 bits per heavy atom. The van der Waals surface area contributed by atoms with Crippen LogP contribution < -0.4 is 9.64 Å². The number of para-hydroxylation sites is 2. The number of hydrogen-bond donors (Lipinski definition) is 0. The SMILES string of the molecule is COc1ccc(CO[C@H](CO[Si](C)(C)C(C)(C)C)[C@@]2(c3cn(C(=O)OC(C)(C)C)c4ccccc34)C(=O)N(C(=O)OC(C)(C)C)c3ccccc32)cc1. The van der Waals surface area contributed by atoms with Gasteiger partial charge in [0, 0.05) is 17.1 Å². The van der Waals surface area contributed by atoms with Gasteiger partial charge in [-0.2, -0.15) is 0 Å². The molecule has 284 valence electrons. The minimum atomic E-state index is -2.44. The van der Waals surface area contributed by atoms with Crippen molar-refractivity contribution in [2.75, 3.05) is 18.6 Å². The van der Waals surface area contributed by atoms with Crippen molar-refractivity contribution in [3.8, 4) is 5.75 Å². The maximum atomic E-state index is 15.7. The molecule has 5 rings (SSSR count). The first-order valence-electron chi connectivity index (χ1n) is 18.0. The molecule has 4 aromatic rings. The van der Waals surface area contributed by atoms with Gasteiger partial charge in [-0.15, -0.1) is 0 Å². The van der Waals surface area contributed by atoms with Crippen LogP contribution in [0.4, 0.5) is 15.3 Å². The summed E-state index contributed by atoms with van der Waals surface area (Å²) in [7, 11) is -0.835. The van der Waals surface area contributed by atoms with Crippen molar-refractivity contribution in [1.82, 2.24) is 4.57 Å². The molecule has 2 amide bonds. The lowest BCUT2D eigenvalue weighted by Crippen LogP contribution is -2.55. The fourth-order valence-electron chi connectivity index (χ4n) is 6.31. The summed E-state index contributed by atoms with van der Waals surface area (Å²) in [5, 5.41) is 0.464. The van der Waals surface area contributed by atoms with Crippen molar-refractivity contribution in [3.63, 3.8) is 0 Å². The first kappa shape index (κ1) is 39.7. The average Bonchev–Trinajstić information content (AvgIpc) is 3.56. The van der Waals surface area contributed by atoms with Gasteiger partial charge in [0.15, 0.2) is 8.32 Å². The second-order valence-electron chi connectivity index (χ2n) is 17.1. The normalized spacial score (nSPS) is 17.1. The number of ether oxygens (including phenoxy) is 4. The fraction of sp³-hybridized carbons (Fsp3) is 0.452. The van der Waals surface area contributed by atoms with Crippen LogP contribution in [-0.2, 0) is 35.5 Å². The van der Waals surface area contributed by atoms with Gasteiger partial charge in [0.2, 0.25) is 0 Å². The highest BCUT2D eigenvalue weighted by molar-refractivity contribution is 6.74. The topological polar surface area (TPSA) is 106 Å². The number of hydrogen-bond acceptors (Lipinski definition) is 8. The van der Waals surface area contributed by atoms with Crippen LogP contribution in [0.3, 0.4) is 0 Å². The number of aromatic nitrogens is 1. The quantitative estimate of drug-likeness (QED) is 0.156. The summed E-state index contributed by atoms with van der Waals surface area (Å²) < 4.78 is 32.4. The van der Waals surface area contributed by atoms with Crippen LogP contribution in [0.2, 0.25) is 18.1 Å². The maximum Gasteiger partial charge on any atom is 0.421 e. The minimum absolute atomic E-state index is 0.0147. The Labute approximate surface area is 314 Å². The van der Waals surface area contributed by atoms with Gasteiger partial charge in [-0.05, 0) is 95.1 Å². The summed E-state index contributed by atoms with van der Waals surface area (Å²) in [6, 6.07) is 22.1. The van der Waals surface area contributed by atoms with Crippen molar-refractivity contribution in [2.24, 2.45) is 0 Å². The summed E-state index contributed by atoms with van der Waals surface area (Å²) in [6.07, 6.45) is -0.752. The Kier molecular flexibility index (Phi) is 10.8. The van der Waals surface area contributed by atoms with E-state index in [2.05, 4.69) is 33.9 Å². The van der Waals surface area contributed by atoms with E-state index in [1.165, 1.54) is 4.57 Å². The number of carbonyl (C=O) groups is 3. The molecule has 10 nitrogen and oxygen atoms in total. The molecule has 11 heteroatoms. The summed E-state index contributed by atoms with van der Waals surface area (Å²) in [5.74, 6) is 0.129. The smallest absolute Gasteiger partial charge is 0.421 e. The Balaban J connectivity index is 1.82. The standard InChI is InChI=1S/C42H54N2O8Si/c1-39(2,3)51-37(46)43-25-32(30-17-13-15-19-33(30)43)42(31-18-14-16-20-34(31)44(36(42)45)38(47)52-40(4,5)6)35(27-50-53(11,12)41(7,8)9)49-26-28-21-23-29(48-10)24-22-28/h13-25,35H,26-27H2,1-12H3/t35-,42-/m1/s1. The highest BCUT2D eigenvalue weighted by atomic mass is 28.4. The van der Waals surface area contributed by atoms with E-state index in [0.29, 0.717) is 33.5 Å². The number of amides is 2. The van der Waals surface area contributed by atoms with Crippen molar-refractivity contribution < 1.29 is 37.8 Å². The van der Waals surface area contributed by atoms with Crippen LogP contribution in [0, 0.1) is 0 Å². The summed E-state index contributed by atoms with van der Waals surface area (Å²) in [5.41, 5.74) is -0.609. The van der Waals surface area contributed by atoms with Crippen molar-refractivity contribution >= 4 is 43.0 Å². The molecule has 0 N–H and O–H groups in total. The third-order valence-electron chi connectivity index (χ3n) is 9.91. The fourth-order valence-corrected chi connectivity index (χ4v) is 7.31. The predicted molar refractivity (Wildman–Crippen MR) is 209 cm³/mol. The molecule has 2 heterocycles. The molecule has 0 spiro atoms. The van der Waals surface area contributed by atoms with Crippen molar-refractivity contribution in [1.29, 1.82) is 0 Å². The van der Waals surface area contributed by atoms with E-state index < -0.39 is 49.1 Å². The monoisotopic (exact) mass is 742 g/mol. The van der Waals surface area contributed by atoms with Gasteiger partial charge in [-0.3, -0.25) is 9.36 Å². The van der Waals surface area contributed by atoms with Crippen LogP contribution in [0.5, 0.6) is 5.75 Å². The molecular weight excluding hydrogens is 689 g/mol. The van der Waals surface area contributed by atoms with E-state index in [-0.39, 0.29) is 18.3 Å². The van der Waals surface area contributed by atoms with E-state index >= 15 is 4.79 Å². The van der Waals surface area contributed by atoms with Crippen molar-refractivity contribution in [2.45, 2.75) is 110 Å². The molecular formula is C42H54N2O8Si. The summed E-state index contributed by atoms with van der Waals surface area (Å²) in [4.78, 5) is 44.8. The molecule has 0 saturated heterocycles. The third-order valence-corrected chi connectivity index (χ3v) is 14.4. The number of rotatable bonds is 9. The van der Waals surface area contributed by atoms with Gasteiger partial charge in [0.05, 0.1) is 31.5 Å². The Hall–Kier alpha value is -4.45. The van der Waals surface area contributed by atoms with Crippen molar-refractivity contribution in [3.05, 3.63) is 95.7 Å². The molecule has 0 aliphatic carbocycles. The zero-order valence-corrected chi connectivity index (χ0v) is 34.2.